The molecule has 0 radical (unpaired) electrons. The number of rotatable bonds is 16. The van der Waals surface area contributed by atoms with E-state index in [1.165, 1.54) is 77.0 Å². The fraction of sp³-hybridized carbons (Fsp3) is 0.808. The van der Waals surface area contributed by atoms with Crippen molar-refractivity contribution in [2.24, 2.45) is 206 Å². The van der Waals surface area contributed by atoms with E-state index < -0.39 is 33.0 Å². The van der Waals surface area contributed by atoms with Crippen LogP contribution in [0.5, 0.6) is 0 Å². The highest BCUT2D eigenvalue weighted by molar-refractivity contribution is 5.84. The number of fused-ring (bicyclic) bond motifs is 36. The van der Waals surface area contributed by atoms with E-state index in [0.29, 0.717) is 125 Å². The molecular weight excluding hydrogens is 1570 g/mol. The van der Waals surface area contributed by atoms with Crippen LogP contribution in [-0.2, 0) is 95.3 Å². The van der Waals surface area contributed by atoms with E-state index in [0.717, 1.165) is 121 Å². The minimum atomic E-state index is -0.810. The maximum Gasteiger partial charge on any atom is 0.313 e. The Labute approximate surface area is 733 Å². The summed E-state index contributed by atoms with van der Waals surface area (Å²) < 4.78 is 58.4. The Morgan fingerprint density at radius 2 is 0.774 bits per heavy atom. The number of carbonyl (C=O) groups excluding carboxylic acids is 10. The number of ether oxygens (including phenoxy) is 10. The molecular formula is C104H138O20. The van der Waals surface area contributed by atoms with Crippen molar-refractivity contribution in [2.75, 3.05) is 13.2 Å². The van der Waals surface area contributed by atoms with Gasteiger partial charge in [-0.15, -0.1) is 0 Å². The molecule has 20 heteroatoms. The fourth-order valence-corrected chi connectivity index (χ4v) is 33.6. The molecule has 0 amide bonds. The fourth-order valence-electron chi connectivity index (χ4n) is 33.6. The van der Waals surface area contributed by atoms with Gasteiger partial charge in [-0.2, -0.15) is 0 Å². The normalized spacial score (nSPS) is 49.1. The number of hydrogen-bond acceptors (Lipinski definition) is 20. The quantitative estimate of drug-likeness (QED) is 0.0601. The average Bonchev–Trinajstić information content (AvgIpc) is 1.54. The minimum Gasteiger partial charge on any atom is -0.465 e. The second-order valence-corrected chi connectivity index (χ2v) is 46.9. The Kier molecular flexibility index (Phi) is 21.3. The zero-order chi connectivity index (χ0) is 85.9. The molecule has 20 nitrogen and oxygen atoms in total. The topological polar surface area (TPSA) is 263 Å². The van der Waals surface area contributed by atoms with Crippen LogP contribution in [0.2, 0.25) is 0 Å². The lowest BCUT2D eigenvalue weighted by Crippen LogP contribution is -2.51. The lowest BCUT2D eigenvalue weighted by atomic mass is 9.72. The molecule has 20 fully saturated rings. The van der Waals surface area contributed by atoms with Gasteiger partial charge in [0.2, 0.25) is 0 Å². The van der Waals surface area contributed by atoms with Crippen molar-refractivity contribution >= 4 is 59.7 Å². The van der Waals surface area contributed by atoms with Gasteiger partial charge in [-0.05, 0) is 371 Å². The first-order valence-corrected chi connectivity index (χ1v) is 49.8. The van der Waals surface area contributed by atoms with Crippen LogP contribution in [0.25, 0.3) is 0 Å². The largest absolute Gasteiger partial charge is 0.465 e. The van der Waals surface area contributed by atoms with Gasteiger partial charge in [0.15, 0.2) is 0 Å². The SMILES string of the molecule is CC(C)(OC(=O)C1(C)CC2C=CC1C2)C1C(=O)OC2CC1C1CCCC21.CC(C)(OC(=O)C1(C)CC2C=CC1C2)C1C(=O)OC2CCC1C2.CC1(C(=O)OCC2C(=O)OC3CC2C2CCCC32)CC2C=CC1C2.CCC(C)(OC(=O)C1CC2C=CC1C2)C1C(=O)OC2CC1C1CCCC21.O=C(OCC1C(=O)OC2CC1C1C3CCC(C3)C21)C1CC2C=CC1C2. The lowest BCUT2D eigenvalue weighted by molar-refractivity contribution is -0.193. The molecule has 41 atom stereocenters. The molecule has 674 valence electrons. The van der Waals surface area contributed by atoms with Gasteiger partial charge < -0.3 is 47.4 Å². The van der Waals surface area contributed by atoms with Gasteiger partial charge in [0.05, 0.1) is 57.7 Å². The highest BCUT2D eigenvalue weighted by Gasteiger charge is 2.68. The molecule has 25 rings (SSSR count). The average molecular weight is 1710 g/mol. The van der Waals surface area contributed by atoms with Gasteiger partial charge >= 0.3 is 59.7 Å². The first kappa shape index (κ1) is 84.3. The first-order chi connectivity index (χ1) is 59.3. The van der Waals surface area contributed by atoms with E-state index >= 15 is 0 Å². The van der Waals surface area contributed by atoms with Crippen molar-refractivity contribution in [3.8, 4) is 0 Å². The van der Waals surface area contributed by atoms with Gasteiger partial charge in [0.1, 0.15) is 60.5 Å². The smallest absolute Gasteiger partial charge is 0.313 e. The van der Waals surface area contributed by atoms with Crippen LogP contribution in [0.1, 0.15) is 255 Å². The summed E-state index contributed by atoms with van der Waals surface area (Å²) in [7, 11) is 0. The van der Waals surface area contributed by atoms with Crippen molar-refractivity contribution in [1.82, 2.24) is 0 Å². The maximum atomic E-state index is 13.1. The van der Waals surface area contributed by atoms with Crippen molar-refractivity contribution in [3.63, 3.8) is 0 Å². The molecule has 5 aliphatic heterocycles. The Bertz CT molecular complexity index is 4450. The predicted molar refractivity (Wildman–Crippen MR) is 452 cm³/mol. The van der Waals surface area contributed by atoms with Gasteiger partial charge in [-0.25, -0.2) is 0 Å². The number of hydrogen-bond donors (Lipinski definition) is 0. The van der Waals surface area contributed by atoms with Gasteiger partial charge in [-0.3, -0.25) is 47.9 Å². The van der Waals surface area contributed by atoms with Gasteiger partial charge in [0, 0.05) is 5.92 Å². The summed E-state index contributed by atoms with van der Waals surface area (Å²) in [6, 6.07) is 0. The molecule has 5 heterocycles. The standard InChI is InChI=1S/2C22H30O4.C21H26O4.C20H26O4.C19H26O4/c1-21(2,26-20(24)22(3)11-12-7-8-13(22)9-12)18-16-10-17(25-19(18)23)15-6-4-5-14(15)16;1-3-22(2,26-20(23)16-10-12-7-8-13(16)9-12)19-17-11-18(25-21(19)24)15-6-4-5-14(15)17;22-20(14-6-10-1-2-11(14)5-10)24-9-16-15-8-17(25-21(16)23)19-13-4-3-12(7-13)18(15)19;1-20(9-11-5-6-12(20)7-11)19(22)23-10-16-15-8-17(24-18(16)21)14-4-2-3-13(14)15;1-18(2,15-12-5-7-14(9-12)22-16(15)20)23-17(21)19(3)10-11-4-6-13(19)8-11/h7-8,12-18H,4-6,9-11H2,1-3H3;7-8,12-19H,3-6,9-11H2,1-2H3;1-2,10-19H,3-9H2;5-6,11-17H,2-4,7-10H2,1H3;4,6,11-15H,5,7-10H2,1-3H3. The third-order valence-corrected chi connectivity index (χ3v) is 39.7. The minimum absolute atomic E-state index is 0.0150. The highest BCUT2D eigenvalue weighted by atomic mass is 16.6. The molecule has 22 bridgehead atoms. The van der Waals surface area contributed by atoms with E-state index in [2.05, 4.69) is 60.8 Å². The molecule has 25 aliphatic rings. The van der Waals surface area contributed by atoms with Gasteiger partial charge in [-0.1, -0.05) is 86.9 Å². The monoisotopic (exact) mass is 1710 g/mol. The third kappa shape index (κ3) is 14.1. The second-order valence-electron chi connectivity index (χ2n) is 46.9. The van der Waals surface area contributed by atoms with E-state index in [1.54, 1.807) is 0 Å². The Morgan fingerprint density at radius 3 is 1.27 bits per heavy atom. The van der Waals surface area contributed by atoms with Crippen LogP contribution in [0.15, 0.2) is 60.8 Å². The van der Waals surface area contributed by atoms with E-state index in [4.69, 9.17) is 47.4 Å². The van der Waals surface area contributed by atoms with Gasteiger partial charge in [0.25, 0.3) is 0 Å². The Balaban J connectivity index is 0.0000000951. The molecule has 0 spiro atoms. The second kappa shape index (κ2) is 31.3. The molecule has 0 N–H and O–H groups in total. The van der Waals surface area contributed by atoms with Crippen LogP contribution < -0.4 is 0 Å². The molecule has 124 heavy (non-hydrogen) atoms. The Hall–Kier alpha value is -6.60. The summed E-state index contributed by atoms with van der Waals surface area (Å²) in [5.74, 6) is 9.43. The zero-order valence-corrected chi connectivity index (χ0v) is 74.9. The number of allylic oxidation sites excluding steroid dienone is 10. The highest BCUT2D eigenvalue weighted by Crippen LogP contribution is 2.67. The summed E-state index contributed by atoms with van der Waals surface area (Å²) in [6.45, 7) is 18.2. The van der Waals surface area contributed by atoms with E-state index in [9.17, 15) is 47.9 Å². The summed E-state index contributed by atoms with van der Waals surface area (Å²) >= 11 is 0. The number of carbonyl (C=O) groups is 10. The summed E-state index contributed by atoms with van der Waals surface area (Å²) in [6.07, 6.45) is 54.8. The van der Waals surface area contributed by atoms with Crippen LogP contribution in [-0.4, -0.2) is 120 Å². The van der Waals surface area contributed by atoms with Crippen molar-refractivity contribution < 1.29 is 95.3 Å². The molecule has 0 aromatic heterocycles. The molecule has 41 unspecified atom stereocenters. The summed E-state index contributed by atoms with van der Waals surface area (Å²) in [5.41, 5.74) is -3.63. The van der Waals surface area contributed by atoms with Crippen LogP contribution >= 0.6 is 0 Å². The molecule has 20 aliphatic carbocycles. The maximum absolute atomic E-state index is 13.1. The first-order valence-electron chi connectivity index (χ1n) is 49.8. The molecule has 15 saturated carbocycles. The zero-order valence-electron chi connectivity index (χ0n) is 74.9. The molecule has 0 aromatic rings. The van der Waals surface area contributed by atoms with Crippen molar-refractivity contribution in [2.45, 2.75) is 302 Å². The van der Waals surface area contributed by atoms with Crippen molar-refractivity contribution in [1.29, 1.82) is 0 Å². The number of esters is 10. The van der Waals surface area contributed by atoms with Crippen molar-refractivity contribution in [3.05, 3.63) is 60.8 Å². The Morgan fingerprint density at radius 1 is 0.355 bits per heavy atom. The lowest BCUT2D eigenvalue weighted by Gasteiger charge is -2.42. The van der Waals surface area contributed by atoms with E-state index in [1.807, 2.05) is 62.3 Å². The molecule has 5 saturated heterocycles. The predicted octanol–water partition coefficient (Wildman–Crippen LogP) is 17.1. The van der Waals surface area contributed by atoms with Crippen LogP contribution in [0.3, 0.4) is 0 Å². The van der Waals surface area contributed by atoms with Crippen LogP contribution in [0, 0.1) is 206 Å². The van der Waals surface area contributed by atoms with E-state index in [-0.39, 0.29) is 163 Å². The summed E-state index contributed by atoms with van der Waals surface area (Å²) in [5, 5.41) is 0. The van der Waals surface area contributed by atoms with Crippen LogP contribution in [0.4, 0.5) is 0 Å². The summed E-state index contributed by atoms with van der Waals surface area (Å²) in [4.78, 5) is 127. The third-order valence-electron chi connectivity index (χ3n) is 39.7. The molecule has 0 aromatic carbocycles.